The van der Waals surface area contributed by atoms with E-state index in [1.165, 1.54) is 6.07 Å². The van der Waals surface area contributed by atoms with Crippen molar-refractivity contribution < 1.29 is 23.8 Å². The summed E-state index contributed by atoms with van der Waals surface area (Å²) < 4.78 is 26.6. The van der Waals surface area contributed by atoms with E-state index >= 15 is 0 Å². The van der Waals surface area contributed by atoms with Crippen LogP contribution in [0.2, 0.25) is 0 Å². The molecule has 1 heterocycles. The lowest BCUT2D eigenvalue weighted by atomic mass is 9.96. The highest BCUT2D eigenvalue weighted by molar-refractivity contribution is 5.79. The minimum atomic E-state index is -0.722. The number of hydrogen-bond donors (Lipinski definition) is 2. The normalized spacial score (nSPS) is 20.8. The fourth-order valence-electron chi connectivity index (χ4n) is 3.16. The van der Waals surface area contributed by atoms with Gasteiger partial charge < -0.3 is 20.0 Å². The molecule has 134 valence electrons. The zero-order valence-electron chi connectivity index (χ0n) is 13.8. The summed E-state index contributed by atoms with van der Waals surface area (Å²) in [6.07, 6.45) is -0.122. The molecule has 2 N–H and O–H groups in total. The van der Waals surface area contributed by atoms with Crippen molar-refractivity contribution in [2.75, 3.05) is 46.4 Å². The van der Waals surface area contributed by atoms with E-state index in [9.17, 15) is 18.7 Å². The number of aliphatic hydroxyl groups is 2. The van der Waals surface area contributed by atoms with E-state index in [0.717, 1.165) is 12.1 Å². The average molecular weight is 342 g/mol. The summed E-state index contributed by atoms with van der Waals surface area (Å²) in [5.74, 6) is -1.55. The number of halogens is 2. The van der Waals surface area contributed by atoms with Gasteiger partial charge in [0.15, 0.2) is 0 Å². The maximum atomic E-state index is 13.7. The number of likely N-dealkylation sites (tertiary alicyclic amines) is 1. The fourth-order valence-corrected chi connectivity index (χ4v) is 3.16. The second-order valence-electron chi connectivity index (χ2n) is 6.40. The third-order valence-corrected chi connectivity index (χ3v) is 4.55. The molecule has 1 aliphatic heterocycles. The van der Waals surface area contributed by atoms with Crippen LogP contribution in [-0.2, 0) is 11.2 Å². The van der Waals surface area contributed by atoms with Crippen LogP contribution >= 0.6 is 0 Å². The van der Waals surface area contributed by atoms with Crippen LogP contribution in [0.3, 0.4) is 0 Å². The smallest absolute Gasteiger partial charge is 0.227 e. The molecule has 5 nitrogen and oxygen atoms in total. The molecule has 0 unspecified atom stereocenters. The van der Waals surface area contributed by atoms with Crippen LogP contribution in [0.5, 0.6) is 0 Å². The summed E-state index contributed by atoms with van der Waals surface area (Å²) in [7, 11) is 1.88. The maximum absolute atomic E-state index is 13.7. The predicted octanol–water partition coefficient (Wildman–Crippen LogP) is 0.498. The Morgan fingerprint density at radius 1 is 1.29 bits per heavy atom. The van der Waals surface area contributed by atoms with Gasteiger partial charge in [0.1, 0.15) is 11.6 Å². The molecule has 1 amide bonds. The van der Waals surface area contributed by atoms with Crippen molar-refractivity contribution in [3.05, 3.63) is 35.4 Å². The lowest BCUT2D eigenvalue weighted by Gasteiger charge is -2.23. The molecule has 1 aromatic carbocycles. The first-order valence-electron chi connectivity index (χ1n) is 8.06. The molecule has 0 saturated carbocycles. The zero-order valence-corrected chi connectivity index (χ0v) is 13.8. The monoisotopic (exact) mass is 342 g/mol. The van der Waals surface area contributed by atoms with Gasteiger partial charge in [-0.25, -0.2) is 8.78 Å². The van der Waals surface area contributed by atoms with E-state index < -0.39 is 11.6 Å². The van der Waals surface area contributed by atoms with Crippen molar-refractivity contribution in [1.82, 2.24) is 9.80 Å². The largest absolute Gasteiger partial charge is 0.396 e. The van der Waals surface area contributed by atoms with Crippen LogP contribution in [0.15, 0.2) is 18.2 Å². The standard InChI is InChI=1S/C17H24F2N2O3/c1-20(4-5-22)8-13-9-21(10-14(13)11-23)17(24)6-12-2-3-15(18)7-16(12)19/h2-3,7,13-14,22-23H,4-6,8-11H2,1H3/t13-,14-/m1/s1. The molecule has 2 atom stereocenters. The topological polar surface area (TPSA) is 64.0 Å². The zero-order chi connectivity index (χ0) is 17.7. The Morgan fingerprint density at radius 2 is 2.00 bits per heavy atom. The molecule has 2 rings (SSSR count). The Morgan fingerprint density at radius 3 is 2.62 bits per heavy atom. The van der Waals surface area contributed by atoms with Crippen molar-refractivity contribution >= 4 is 5.91 Å². The number of carbonyl (C=O) groups is 1. The minimum Gasteiger partial charge on any atom is -0.396 e. The Kier molecular flexibility index (Phi) is 6.65. The first-order valence-corrected chi connectivity index (χ1v) is 8.06. The van der Waals surface area contributed by atoms with Gasteiger partial charge in [-0.3, -0.25) is 4.79 Å². The van der Waals surface area contributed by atoms with Gasteiger partial charge in [-0.05, 0) is 24.6 Å². The molecule has 1 aliphatic rings. The number of rotatable bonds is 7. The number of nitrogens with zero attached hydrogens (tertiary/aromatic N) is 2. The van der Waals surface area contributed by atoms with Gasteiger partial charge in [-0.15, -0.1) is 0 Å². The van der Waals surface area contributed by atoms with Crippen molar-refractivity contribution in [3.63, 3.8) is 0 Å². The highest BCUT2D eigenvalue weighted by Gasteiger charge is 2.35. The second-order valence-corrected chi connectivity index (χ2v) is 6.40. The summed E-state index contributed by atoms with van der Waals surface area (Å²) in [5, 5.41) is 18.5. The molecule has 0 radical (unpaired) electrons. The first kappa shape index (κ1) is 18.8. The summed E-state index contributed by atoms with van der Waals surface area (Å²) in [4.78, 5) is 16.0. The van der Waals surface area contributed by atoms with Gasteiger partial charge in [0.25, 0.3) is 0 Å². The van der Waals surface area contributed by atoms with Crippen LogP contribution < -0.4 is 0 Å². The van der Waals surface area contributed by atoms with Crippen molar-refractivity contribution in [2.45, 2.75) is 6.42 Å². The highest BCUT2D eigenvalue weighted by atomic mass is 19.1. The number of hydrogen-bond acceptors (Lipinski definition) is 4. The fraction of sp³-hybridized carbons (Fsp3) is 0.588. The average Bonchev–Trinajstić information content (AvgIpc) is 2.93. The van der Waals surface area contributed by atoms with E-state index in [0.29, 0.717) is 26.2 Å². The van der Waals surface area contributed by atoms with Gasteiger partial charge in [0.2, 0.25) is 5.91 Å². The Balaban J connectivity index is 1.97. The van der Waals surface area contributed by atoms with E-state index in [1.807, 2.05) is 11.9 Å². The lowest BCUT2D eigenvalue weighted by molar-refractivity contribution is -0.129. The van der Waals surface area contributed by atoms with Gasteiger partial charge in [0, 0.05) is 44.8 Å². The van der Waals surface area contributed by atoms with Crippen molar-refractivity contribution in [1.29, 1.82) is 0 Å². The lowest BCUT2D eigenvalue weighted by Crippen LogP contribution is -2.34. The molecular formula is C17H24F2N2O3. The Bertz CT molecular complexity index is 571. The summed E-state index contributed by atoms with van der Waals surface area (Å²) in [6.45, 7) is 2.15. The molecule has 7 heteroatoms. The number of benzene rings is 1. The Labute approximate surface area is 140 Å². The van der Waals surface area contributed by atoms with Crippen LogP contribution in [0, 0.1) is 23.5 Å². The van der Waals surface area contributed by atoms with E-state index in [4.69, 9.17) is 5.11 Å². The second kappa shape index (κ2) is 8.50. The van der Waals surface area contributed by atoms with Crippen molar-refractivity contribution in [2.24, 2.45) is 11.8 Å². The molecule has 0 spiro atoms. The number of carbonyl (C=O) groups excluding carboxylic acids is 1. The summed E-state index contributed by atoms with van der Waals surface area (Å²) in [6, 6.07) is 3.20. The minimum absolute atomic E-state index is 0.0215. The Hall–Kier alpha value is -1.57. The summed E-state index contributed by atoms with van der Waals surface area (Å²) >= 11 is 0. The van der Waals surface area contributed by atoms with Gasteiger partial charge in [-0.1, -0.05) is 6.07 Å². The molecule has 0 bridgehead atoms. The SMILES string of the molecule is CN(CCO)C[C@@H]1CN(C(=O)Cc2ccc(F)cc2F)C[C@@H]1CO. The molecule has 1 saturated heterocycles. The van der Waals surface area contributed by atoms with E-state index in [-0.39, 0.29) is 42.9 Å². The van der Waals surface area contributed by atoms with Crippen LogP contribution in [0.4, 0.5) is 8.78 Å². The number of amides is 1. The van der Waals surface area contributed by atoms with E-state index in [1.54, 1.807) is 4.90 Å². The molecule has 1 aromatic rings. The van der Waals surface area contributed by atoms with Gasteiger partial charge >= 0.3 is 0 Å². The number of aliphatic hydroxyl groups excluding tert-OH is 2. The third-order valence-electron chi connectivity index (χ3n) is 4.55. The summed E-state index contributed by atoms with van der Waals surface area (Å²) in [5.41, 5.74) is 0.169. The quantitative estimate of drug-likeness (QED) is 0.757. The van der Waals surface area contributed by atoms with Crippen molar-refractivity contribution in [3.8, 4) is 0 Å². The first-order chi connectivity index (χ1) is 11.4. The molecular weight excluding hydrogens is 318 g/mol. The van der Waals surface area contributed by atoms with Crippen LogP contribution in [0.25, 0.3) is 0 Å². The van der Waals surface area contributed by atoms with Gasteiger partial charge in [0.05, 0.1) is 13.0 Å². The molecule has 0 aliphatic carbocycles. The van der Waals surface area contributed by atoms with E-state index in [2.05, 4.69) is 0 Å². The van der Waals surface area contributed by atoms with Crippen LogP contribution in [-0.4, -0.2) is 72.4 Å². The maximum Gasteiger partial charge on any atom is 0.227 e. The predicted molar refractivity (Wildman–Crippen MR) is 85.3 cm³/mol. The van der Waals surface area contributed by atoms with Crippen LogP contribution in [0.1, 0.15) is 5.56 Å². The number of likely N-dealkylation sites (N-methyl/N-ethyl adjacent to an activating group) is 1. The molecule has 0 aromatic heterocycles. The molecule has 1 fully saturated rings. The molecule has 24 heavy (non-hydrogen) atoms. The highest BCUT2D eigenvalue weighted by Crippen LogP contribution is 2.25. The third kappa shape index (κ3) is 4.72. The van der Waals surface area contributed by atoms with Gasteiger partial charge in [-0.2, -0.15) is 0 Å².